The molecule has 0 amide bonds. The zero-order chi connectivity index (χ0) is 45.2. The molecule has 7 rings (SSSR count). The van der Waals surface area contributed by atoms with Crippen LogP contribution in [0, 0.1) is 34.5 Å². The highest BCUT2D eigenvalue weighted by atomic mass is 16.8. The number of ether oxygens (including phenoxy) is 11. The molecule has 19 atom stereocenters. The van der Waals surface area contributed by atoms with E-state index in [1.165, 1.54) is 21.0 Å². The molecule has 6 fully saturated rings. The molecule has 3 aliphatic heterocycles. The standard InChI is InChI=1S/C44H60O18/c1-18-27-15-28(50)33-25-11-12-26-37(56-21(4)46)29(13-14-43(26,8)34(25)35(51)41(55-18)44(27,33)9)60-32-16-30(52-10)36(19(2)54-32)62-42-40(59-24(7)49)39(58-23(6)48)38(57-22(5)47)31(61-42)17-53-20(3)45/h12,18-19,25,27,29-34,36-42H,11,13-17H2,1-10H3/t18-,19-,25+,27+,29+,30-,31-,32+,33+,34-,36-,37-,38-,39+,40-,41+,42+,43+,44-/m1/s1. The number of methoxy groups -OCH3 is 1. The van der Waals surface area contributed by atoms with E-state index in [-0.39, 0.29) is 41.8 Å². The summed E-state index contributed by atoms with van der Waals surface area (Å²) in [6.07, 6.45) is -8.72. The van der Waals surface area contributed by atoms with Crippen LogP contribution in [0.1, 0.15) is 94.4 Å². The first kappa shape index (κ1) is 46.2. The Kier molecular flexibility index (Phi) is 13.1. The summed E-state index contributed by atoms with van der Waals surface area (Å²) in [4.78, 5) is 89.9. The fraction of sp³-hybridized carbons (Fsp3) is 0.795. The maximum Gasteiger partial charge on any atom is 0.303 e. The highest BCUT2D eigenvalue weighted by Gasteiger charge is 2.73. The lowest BCUT2D eigenvalue weighted by molar-refractivity contribution is -0.347. The lowest BCUT2D eigenvalue weighted by atomic mass is 9.46. The average Bonchev–Trinajstić information content (AvgIpc) is 3.60. The first-order valence-electron chi connectivity index (χ1n) is 21.6. The van der Waals surface area contributed by atoms with Crippen molar-refractivity contribution in [1.82, 2.24) is 0 Å². The highest BCUT2D eigenvalue weighted by molar-refractivity contribution is 5.96. The van der Waals surface area contributed by atoms with Crippen LogP contribution in [0.25, 0.3) is 0 Å². The number of esters is 5. The topological polar surface area (TPSA) is 221 Å². The molecule has 3 heterocycles. The van der Waals surface area contributed by atoms with Gasteiger partial charge in [-0.2, -0.15) is 0 Å². The number of carbonyl (C=O) groups excluding carboxylic acids is 7. The van der Waals surface area contributed by atoms with Crippen molar-refractivity contribution in [2.75, 3.05) is 13.7 Å². The first-order chi connectivity index (χ1) is 29.2. The number of ketones is 2. The molecule has 0 bridgehead atoms. The number of allylic oxidation sites excluding steroid dienone is 1. The van der Waals surface area contributed by atoms with Crippen LogP contribution >= 0.6 is 0 Å². The summed E-state index contributed by atoms with van der Waals surface area (Å²) in [5.41, 5.74) is -0.493. The fourth-order valence-corrected chi connectivity index (χ4v) is 12.2. The Morgan fingerprint density at radius 1 is 0.742 bits per heavy atom. The third-order valence-corrected chi connectivity index (χ3v) is 14.5. The van der Waals surface area contributed by atoms with Crippen LogP contribution in [0.2, 0.25) is 0 Å². The minimum Gasteiger partial charge on any atom is -0.463 e. The van der Waals surface area contributed by atoms with Gasteiger partial charge in [-0.05, 0) is 44.6 Å². The number of hydrogen-bond donors (Lipinski definition) is 0. The first-order valence-corrected chi connectivity index (χ1v) is 21.6. The number of rotatable bonds is 11. The molecule has 0 N–H and O–H groups in total. The van der Waals surface area contributed by atoms with Crippen LogP contribution in [0.3, 0.4) is 0 Å². The second-order valence-electron chi connectivity index (χ2n) is 18.4. The van der Waals surface area contributed by atoms with E-state index >= 15 is 0 Å². The molecule has 0 aromatic carbocycles. The predicted molar refractivity (Wildman–Crippen MR) is 208 cm³/mol. The van der Waals surface area contributed by atoms with E-state index in [0.717, 1.165) is 26.3 Å². The van der Waals surface area contributed by atoms with Crippen LogP contribution in [-0.4, -0.2) is 135 Å². The van der Waals surface area contributed by atoms with Gasteiger partial charge in [0.1, 0.15) is 42.9 Å². The maximum atomic E-state index is 14.6. The minimum absolute atomic E-state index is 0.00283. The van der Waals surface area contributed by atoms with Gasteiger partial charge in [0.05, 0.1) is 18.3 Å². The van der Waals surface area contributed by atoms with Crippen molar-refractivity contribution in [2.45, 2.75) is 174 Å². The maximum absolute atomic E-state index is 14.6. The molecule has 0 spiro atoms. The highest BCUT2D eigenvalue weighted by Crippen LogP contribution is 2.68. The normalized spacial score (nSPS) is 44.5. The van der Waals surface area contributed by atoms with Gasteiger partial charge in [0.2, 0.25) is 0 Å². The van der Waals surface area contributed by atoms with Crippen molar-refractivity contribution in [2.24, 2.45) is 34.5 Å². The molecular weight excluding hydrogens is 816 g/mol. The Bertz CT molecular complexity index is 1850. The van der Waals surface area contributed by atoms with Gasteiger partial charge >= 0.3 is 29.8 Å². The molecule has 18 nitrogen and oxygen atoms in total. The fourth-order valence-electron chi connectivity index (χ4n) is 12.2. The van der Waals surface area contributed by atoms with Gasteiger partial charge in [0.15, 0.2) is 36.7 Å². The number of fused-ring (bicyclic) bond motifs is 4. The largest absolute Gasteiger partial charge is 0.463 e. The quantitative estimate of drug-likeness (QED) is 0.165. The number of carbonyl (C=O) groups is 7. The molecule has 0 unspecified atom stereocenters. The zero-order valence-electron chi connectivity index (χ0n) is 37.0. The van der Waals surface area contributed by atoms with E-state index in [1.54, 1.807) is 6.92 Å². The minimum atomic E-state index is -1.48. The Balaban J connectivity index is 1.11. The summed E-state index contributed by atoms with van der Waals surface area (Å²) < 4.78 is 65.9. The molecule has 3 saturated heterocycles. The van der Waals surface area contributed by atoms with E-state index in [0.29, 0.717) is 25.7 Å². The second-order valence-corrected chi connectivity index (χ2v) is 18.4. The Hall–Kier alpha value is -3.81. The number of Topliss-reactive ketones (excluding diaryl/α,β-unsaturated/α-hetero) is 2. The van der Waals surface area contributed by atoms with E-state index in [2.05, 4.69) is 13.0 Å². The monoisotopic (exact) mass is 876 g/mol. The van der Waals surface area contributed by atoms with Gasteiger partial charge in [0.25, 0.3) is 0 Å². The molecule has 344 valence electrons. The molecule has 4 aliphatic carbocycles. The van der Waals surface area contributed by atoms with Gasteiger partial charge in [-0.25, -0.2) is 0 Å². The van der Waals surface area contributed by atoms with E-state index in [9.17, 15) is 33.6 Å². The van der Waals surface area contributed by atoms with E-state index < -0.39 is 127 Å². The number of hydrogen-bond acceptors (Lipinski definition) is 18. The zero-order valence-corrected chi connectivity index (χ0v) is 37.0. The molecule has 0 aromatic heterocycles. The lowest BCUT2D eigenvalue weighted by Gasteiger charge is -2.58. The van der Waals surface area contributed by atoms with Crippen LogP contribution in [0.5, 0.6) is 0 Å². The van der Waals surface area contributed by atoms with Crippen molar-refractivity contribution in [3.63, 3.8) is 0 Å². The third kappa shape index (κ3) is 8.23. The van der Waals surface area contributed by atoms with Gasteiger partial charge in [-0.3, -0.25) is 33.6 Å². The SMILES string of the molecule is CO[C@@H]1C[C@H](O[C@H]2CC[C@@]3(C)C(=CC[C@H]4[C@H]5C(=O)C[C@H]6[C@@H](C)O[C@@H](C(=O)[C@@H]43)[C@@]56C)[C@H]2OC(C)=O)O[C@H](C)[C@H]1O[C@@H]1O[C@H](COC(C)=O)[C@@H](OC(C)=O)[C@H](OC(C)=O)[C@H]1OC(C)=O. The molecule has 3 saturated carbocycles. The van der Waals surface area contributed by atoms with Crippen LogP contribution < -0.4 is 0 Å². The van der Waals surface area contributed by atoms with E-state index in [1.807, 2.05) is 13.8 Å². The van der Waals surface area contributed by atoms with Gasteiger partial charge in [-0.15, -0.1) is 0 Å². The summed E-state index contributed by atoms with van der Waals surface area (Å²) >= 11 is 0. The van der Waals surface area contributed by atoms with E-state index in [4.69, 9.17) is 52.1 Å². The molecular formula is C44H60O18. The average molecular weight is 877 g/mol. The summed E-state index contributed by atoms with van der Waals surface area (Å²) in [7, 11) is 1.47. The summed E-state index contributed by atoms with van der Waals surface area (Å²) in [5, 5.41) is 0. The molecule has 0 radical (unpaired) electrons. The Morgan fingerprint density at radius 3 is 2.02 bits per heavy atom. The van der Waals surface area contributed by atoms with Crippen molar-refractivity contribution in [3.05, 3.63) is 11.6 Å². The van der Waals surface area contributed by atoms with Crippen molar-refractivity contribution >= 4 is 41.4 Å². The van der Waals surface area contributed by atoms with Crippen molar-refractivity contribution in [1.29, 1.82) is 0 Å². The van der Waals surface area contributed by atoms with Crippen molar-refractivity contribution < 1.29 is 85.7 Å². The van der Waals surface area contributed by atoms with Crippen LogP contribution in [0.4, 0.5) is 0 Å². The van der Waals surface area contributed by atoms with Crippen molar-refractivity contribution in [3.8, 4) is 0 Å². The predicted octanol–water partition coefficient (Wildman–Crippen LogP) is 2.87. The van der Waals surface area contributed by atoms with Gasteiger partial charge in [0, 0.05) is 83.2 Å². The lowest BCUT2D eigenvalue weighted by Crippen LogP contribution is -2.64. The molecule has 62 heavy (non-hydrogen) atoms. The van der Waals surface area contributed by atoms with Gasteiger partial charge < -0.3 is 52.1 Å². The summed E-state index contributed by atoms with van der Waals surface area (Å²) in [6.45, 7) is 13.2. The molecule has 0 aromatic rings. The summed E-state index contributed by atoms with van der Waals surface area (Å²) in [5.74, 6) is -4.30. The Morgan fingerprint density at radius 2 is 1.39 bits per heavy atom. The summed E-state index contributed by atoms with van der Waals surface area (Å²) in [6, 6.07) is 0. The second kappa shape index (κ2) is 17.6. The third-order valence-electron chi connectivity index (χ3n) is 14.5. The smallest absolute Gasteiger partial charge is 0.303 e. The van der Waals surface area contributed by atoms with Gasteiger partial charge in [-0.1, -0.05) is 19.9 Å². The van der Waals surface area contributed by atoms with Crippen LogP contribution in [-0.2, 0) is 85.7 Å². The molecule has 7 aliphatic rings. The van der Waals surface area contributed by atoms with Crippen LogP contribution in [0.15, 0.2) is 11.6 Å². The Labute approximate surface area is 360 Å². The molecule has 18 heteroatoms.